The highest BCUT2D eigenvalue weighted by Crippen LogP contribution is 2.45. The summed E-state index contributed by atoms with van der Waals surface area (Å²) < 4.78 is 7.25. The van der Waals surface area contributed by atoms with Crippen LogP contribution in [-0.4, -0.2) is 13.7 Å². The molecule has 0 saturated heterocycles. The molecule has 21 aromatic rings. The van der Waals surface area contributed by atoms with Crippen molar-refractivity contribution in [3.05, 3.63) is 419 Å². The van der Waals surface area contributed by atoms with Gasteiger partial charge in [-0.15, -0.1) is 0 Å². The van der Waals surface area contributed by atoms with Crippen LogP contribution in [0.15, 0.2) is 419 Å². The predicted molar refractivity (Wildman–Crippen MR) is 454 cm³/mol. The Labute approximate surface area is 620 Å². The molecule has 502 valence electrons. The first-order valence-corrected chi connectivity index (χ1v) is 36.7. The van der Waals surface area contributed by atoms with Gasteiger partial charge in [0.25, 0.3) is 0 Å². The van der Waals surface area contributed by atoms with Gasteiger partial charge in [0.1, 0.15) is 0 Å². The summed E-state index contributed by atoms with van der Waals surface area (Å²) in [6.45, 7) is 0. The van der Waals surface area contributed by atoms with Gasteiger partial charge >= 0.3 is 0 Å². The van der Waals surface area contributed by atoms with Crippen molar-refractivity contribution in [1.29, 1.82) is 0 Å². The predicted octanol–water partition coefficient (Wildman–Crippen LogP) is 28.1. The molecule has 5 nitrogen and oxygen atoms in total. The molecule has 0 bridgehead atoms. The van der Waals surface area contributed by atoms with Crippen molar-refractivity contribution in [2.45, 2.75) is 0 Å². The van der Waals surface area contributed by atoms with E-state index in [2.05, 4.69) is 442 Å². The second-order valence-corrected chi connectivity index (χ2v) is 27.6. The summed E-state index contributed by atoms with van der Waals surface area (Å²) in [6.07, 6.45) is 0. The molecule has 0 amide bonds. The molecular formula is C102H69N5. The highest BCUT2D eigenvalue weighted by molar-refractivity contribution is 6.25. The lowest BCUT2D eigenvalue weighted by Crippen LogP contribution is -2.10. The smallest absolute Gasteiger partial charge is 0.0562 e. The van der Waals surface area contributed by atoms with Gasteiger partial charge in [-0.25, -0.2) is 0 Å². The number of benzene rings is 18. The summed E-state index contributed by atoms with van der Waals surface area (Å²) >= 11 is 0. The van der Waals surface area contributed by atoms with Gasteiger partial charge in [0.2, 0.25) is 0 Å². The van der Waals surface area contributed by atoms with E-state index >= 15 is 0 Å². The molecule has 0 saturated carbocycles. The number of anilines is 6. The number of para-hydroxylation sites is 5. The van der Waals surface area contributed by atoms with Gasteiger partial charge in [0.15, 0.2) is 0 Å². The zero-order valence-corrected chi connectivity index (χ0v) is 58.6. The molecule has 5 heteroatoms. The molecule has 0 unspecified atom stereocenters. The second kappa shape index (κ2) is 26.5. The Morgan fingerprint density at radius 1 is 0.150 bits per heavy atom. The molecule has 0 aliphatic heterocycles. The number of rotatable bonds is 12. The van der Waals surface area contributed by atoms with Crippen LogP contribution in [-0.2, 0) is 0 Å². The Kier molecular flexibility index (Phi) is 15.5. The van der Waals surface area contributed by atoms with Crippen molar-refractivity contribution >= 4 is 132 Å². The largest absolute Gasteiger partial charge is 0.311 e. The molecule has 0 N–H and O–H groups in total. The molecule has 0 radical (unpaired) electrons. The standard InChI is InChI=1S/C52H36N2.C50H33N3/c1-3-11-37(12-4-1)39-21-28-46(29-22-39)53(47-30-23-40(24-31-47)43-20-19-38-13-7-8-14-42(38)35-43)48-32-25-41(26-33-48)44-27-34-52-50(36-44)49-17-9-10-18-51(49)54(52)45-15-5-2-6-16-45;1-3-17-37(18-4-1)51(41-28-26-34-14-7-8-16-36(34)30-41)39-21-13-22-40(31-39)53-46-25-12-11-24-43(46)44-32-45-49(33-48(44)53)52(38-19-5-2-6-20-38)47-29-27-35-15-9-10-23-42(35)50(45)47/h1-36H;1-33H. The van der Waals surface area contributed by atoms with E-state index in [9.17, 15) is 0 Å². The van der Waals surface area contributed by atoms with E-state index in [1.807, 2.05) is 0 Å². The van der Waals surface area contributed by atoms with Gasteiger partial charge < -0.3 is 23.5 Å². The van der Waals surface area contributed by atoms with Crippen molar-refractivity contribution in [1.82, 2.24) is 13.7 Å². The molecule has 0 fully saturated rings. The first-order chi connectivity index (χ1) is 53.1. The molecule has 18 aromatic carbocycles. The van der Waals surface area contributed by atoms with Crippen LogP contribution in [0.2, 0.25) is 0 Å². The monoisotopic (exact) mass is 1360 g/mol. The van der Waals surface area contributed by atoms with E-state index in [-0.39, 0.29) is 0 Å². The molecule has 3 heterocycles. The minimum absolute atomic E-state index is 1.10. The fourth-order valence-electron chi connectivity index (χ4n) is 16.4. The minimum Gasteiger partial charge on any atom is -0.311 e. The Hall–Kier alpha value is -14.3. The first-order valence-electron chi connectivity index (χ1n) is 36.7. The van der Waals surface area contributed by atoms with Gasteiger partial charge in [0.05, 0.1) is 33.1 Å². The molecule has 0 atom stereocenters. The van der Waals surface area contributed by atoms with E-state index in [1.54, 1.807) is 0 Å². The molecule has 0 aliphatic carbocycles. The number of hydrogen-bond donors (Lipinski definition) is 0. The van der Waals surface area contributed by atoms with Crippen LogP contribution in [0.4, 0.5) is 34.1 Å². The third-order valence-electron chi connectivity index (χ3n) is 21.4. The van der Waals surface area contributed by atoms with Crippen molar-refractivity contribution in [2.75, 3.05) is 9.80 Å². The number of hydrogen-bond acceptors (Lipinski definition) is 2. The summed E-state index contributed by atoms with van der Waals surface area (Å²) in [7, 11) is 0. The fraction of sp³-hybridized carbons (Fsp3) is 0. The van der Waals surface area contributed by atoms with Crippen molar-refractivity contribution in [3.8, 4) is 50.4 Å². The SMILES string of the molecule is c1ccc(-c2ccc(N(c3ccc(-c4ccc5ccccc5c4)cc3)c3ccc(-c4ccc5c(c4)c4ccccc4n5-c4ccccc4)cc3)cc2)cc1.c1ccc(N(c2cccc(-n3c4ccccc4c4cc5c6c7ccccc7ccc6n(-c6ccccc6)c5cc43)c2)c2ccc3ccccc3c2)cc1. The van der Waals surface area contributed by atoms with Gasteiger partial charge in [0, 0.05) is 83.5 Å². The van der Waals surface area contributed by atoms with E-state index in [0.717, 1.165) is 45.5 Å². The van der Waals surface area contributed by atoms with Crippen LogP contribution >= 0.6 is 0 Å². The van der Waals surface area contributed by atoms with Crippen LogP contribution in [0.5, 0.6) is 0 Å². The summed E-state index contributed by atoms with van der Waals surface area (Å²) in [5, 5.41) is 15.0. The molecule has 21 rings (SSSR count). The number of aromatic nitrogens is 3. The highest BCUT2D eigenvalue weighted by atomic mass is 15.2. The summed E-state index contributed by atoms with van der Waals surface area (Å²) in [5.74, 6) is 0. The maximum Gasteiger partial charge on any atom is 0.0562 e. The average Bonchev–Trinajstić information content (AvgIpc) is 1.55. The van der Waals surface area contributed by atoms with Crippen LogP contribution in [0, 0.1) is 0 Å². The lowest BCUT2D eigenvalue weighted by atomic mass is 10.0. The van der Waals surface area contributed by atoms with Gasteiger partial charge in [-0.2, -0.15) is 0 Å². The van der Waals surface area contributed by atoms with Crippen LogP contribution in [0.25, 0.3) is 148 Å². The third-order valence-corrected chi connectivity index (χ3v) is 21.4. The molecule has 107 heavy (non-hydrogen) atoms. The summed E-state index contributed by atoms with van der Waals surface area (Å²) in [5.41, 5.74) is 24.5. The molecule has 0 spiro atoms. The molecule has 3 aromatic heterocycles. The van der Waals surface area contributed by atoms with E-state index < -0.39 is 0 Å². The normalized spacial score (nSPS) is 11.6. The van der Waals surface area contributed by atoms with E-state index in [0.29, 0.717) is 0 Å². The van der Waals surface area contributed by atoms with Crippen LogP contribution in [0.3, 0.4) is 0 Å². The topological polar surface area (TPSA) is 21.3 Å². The Morgan fingerprint density at radius 3 is 1.12 bits per heavy atom. The molecular weight excluding hydrogens is 1300 g/mol. The summed E-state index contributed by atoms with van der Waals surface area (Å²) in [6, 6.07) is 152. The second-order valence-electron chi connectivity index (χ2n) is 27.6. The first kappa shape index (κ1) is 62.5. The zero-order chi connectivity index (χ0) is 70.7. The lowest BCUT2D eigenvalue weighted by molar-refractivity contribution is 1.16. The Morgan fingerprint density at radius 2 is 0.505 bits per heavy atom. The van der Waals surface area contributed by atoms with Crippen LogP contribution in [0.1, 0.15) is 0 Å². The summed E-state index contributed by atoms with van der Waals surface area (Å²) in [4.78, 5) is 4.71. The van der Waals surface area contributed by atoms with Crippen molar-refractivity contribution < 1.29 is 0 Å². The van der Waals surface area contributed by atoms with E-state index in [4.69, 9.17) is 0 Å². The zero-order valence-electron chi connectivity index (χ0n) is 58.6. The van der Waals surface area contributed by atoms with Gasteiger partial charge in [-0.05, 0) is 217 Å². The third kappa shape index (κ3) is 11.2. The number of fused-ring (bicyclic) bond motifs is 13. The highest BCUT2D eigenvalue weighted by Gasteiger charge is 2.23. The van der Waals surface area contributed by atoms with Gasteiger partial charge in [-0.3, -0.25) is 0 Å². The lowest BCUT2D eigenvalue weighted by Gasteiger charge is -2.26. The van der Waals surface area contributed by atoms with Gasteiger partial charge in [-0.1, -0.05) is 267 Å². The van der Waals surface area contributed by atoms with Crippen molar-refractivity contribution in [3.63, 3.8) is 0 Å². The van der Waals surface area contributed by atoms with Crippen LogP contribution < -0.4 is 9.80 Å². The Balaban J connectivity index is 0.000000141. The maximum atomic E-state index is 2.45. The molecule has 0 aliphatic rings. The minimum atomic E-state index is 1.10. The maximum absolute atomic E-state index is 2.45. The fourth-order valence-corrected chi connectivity index (χ4v) is 16.4. The van der Waals surface area contributed by atoms with E-state index in [1.165, 1.54) is 137 Å². The Bertz CT molecular complexity index is 6900. The van der Waals surface area contributed by atoms with Crippen molar-refractivity contribution in [2.24, 2.45) is 0 Å². The quantitative estimate of drug-likeness (QED) is 0.122. The average molecular weight is 1360 g/mol. The number of nitrogens with zero attached hydrogens (tertiary/aromatic N) is 5.